The number of aryl methyl sites for hydroxylation is 1. The number of amides is 1. The SMILES string of the molecule is COc1ccc(CNC(=O)c2cc3c(cc2C)OCCO3)cc1OC. The summed E-state index contributed by atoms with van der Waals surface area (Å²) < 4.78 is 21.6. The Morgan fingerprint density at radius 1 is 1.04 bits per heavy atom. The summed E-state index contributed by atoms with van der Waals surface area (Å²) in [7, 11) is 3.17. The number of nitrogens with one attached hydrogen (secondary N) is 1. The molecule has 0 fully saturated rings. The van der Waals surface area contributed by atoms with Gasteiger partial charge < -0.3 is 24.3 Å². The summed E-state index contributed by atoms with van der Waals surface area (Å²) in [5, 5.41) is 2.92. The molecule has 3 rings (SSSR count). The van der Waals surface area contributed by atoms with Gasteiger partial charge in [0.2, 0.25) is 0 Å². The highest BCUT2D eigenvalue weighted by molar-refractivity contribution is 5.96. The zero-order valence-electron chi connectivity index (χ0n) is 14.5. The van der Waals surface area contributed by atoms with E-state index in [9.17, 15) is 4.79 Å². The summed E-state index contributed by atoms with van der Waals surface area (Å²) in [6.07, 6.45) is 0. The van der Waals surface area contributed by atoms with Gasteiger partial charge in [-0.3, -0.25) is 4.79 Å². The molecule has 6 heteroatoms. The summed E-state index contributed by atoms with van der Waals surface area (Å²) in [5.74, 6) is 2.41. The van der Waals surface area contributed by atoms with Gasteiger partial charge in [-0.2, -0.15) is 0 Å². The molecule has 1 aliphatic heterocycles. The average Bonchev–Trinajstić information content (AvgIpc) is 2.65. The van der Waals surface area contributed by atoms with Gasteiger partial charge in [-0.1, -0.05) is 6.07 Å². The van der Waals surface area contributed by atoms with Crippen LogP contribution in [-0.4, -0.2) is 33.3 Å². The van der Waals surface area contributed by atoms with Gasteiger partial charge in [-0.15, -0.1) is 0 Å². The highest BCUT2D eigenvalue weighted by Crippen LogP contribution is 2.33. The first kappa shape index (κ1) is 17.0. The first-order chi connectivity index (χ1) is 12.1. The smallest absolute Gasteiger partial charge is 0.251 e. The number of methoxy groups -OCH3 is 2. The van der Waals surface area contributed by atoms with Crippen LogP contribution in [0.1, 0.15) is 21.5 Å². The van der Waals surface area contributed by atoms with Crippen molar-refractivity contribution in [2.75, 3.05) is 27.4 Å². The van der Waals surface area contributed by atoms with Crippen LogP contribution in [0.25, 0.3) is 0 Å². The van der Waals surface area contributed by atoms with Crippen LogP contribution in [-0.2, 0) is 6.54 Å². The van der Waals surface area contributed by atoms with E-state index < -0.39 is 0 Å². The molecule has 25 heavy (non-hydrogen) atoms. The Bertz CT molecular complexity index is 788. The molecule has 0 saturated heterocycles. The van der Waals surface area contributed by atoms with E-state index in [1.807, 2.05) is 31.2 Å². The van der Waals surface area contributed by atoms with Crippen LogP contribution >= 0.6 is 0 Å². The Balaban J connectivity index is 1.73. The predicted molar refractivity (Wildman–Crippen MR) is 92.9 cm³/mol. The predicted octanol–water partition coefficient (Wildman–Crippen LogP) is 2.71. The molecule has 0 radical (unpaired) electrons. The lowest BCUT2D eigenvalue weighted by Crippen LogP contribution is -2.24. The van der Waals surface area contributed by atoms with Crippen molar-refractivity contribution in [3.8, 4) is 23.0 Å². The van der Waals surface area contributed by atoms with Crippen LogP contribution in [0.4, 0.5) is 0 Å². The van der Waals surface area contributed by atoms with E-state index in [1.54, 1.807) is 20.3 Å². The molecule has 1 N–H and O–H groups in total. The van der Waals surface area contributed by atoms with E-state index in [2.05, 4.69) is 5.32 Å². The first-order valence-electron chi connectivity index (χ1n) is 8.01. The topological polar surface area (TPSA) is 66.0 Å². The number of ether oxygens (including phenoxy) is 4. The standard InChI is InChI=1S/C19H21NO5/c1-12-8-17-18(25-7-6-24-17)10-14(12)19(21)20-11-13-4-5-15(22-2)16(9-13)23-3/h4-5,8-10H,6-7,11H2,1-3H3,(H,20,21). The quantitative estimate of drug-likeness (QED) is 0.904. The summed E-state index contributed by atoms with van der Waals surface area (Å²) in [6, 6.07) is 9.11. The summed E-state index contributed by atoms with van der Waals surface area (Å²) in [6.45, 7) is 3.27. The second-order valence-electron chi connectivity index (χ2n) is 5.68. The normalized spacial score (nSPS) is 12.4. The summed E-state index contributed by atoms with van der Waals surface area (Å²) in [5.41, 5.74) is 2.33. The number of rotatable bonds is 5. The molecule has 2 aromatic carbocycles. The lowest BCUT2D eigenvalue weighted by atomic mass is 10.1. The van der Waals surface area contributed by atoms with Gasteiger partial charge in [0.25, 0.3) is 5.91 Å². The molecule has 132 valence electrons. The van der Waals surface area contributed by atoms with E-state index in [0.717, 1.165) is 11.1 Å². The summed E-state index contributed by atoms with van der Waals surface area (Å²) in [4.78, 5) is 12.5. The van der Waals surface area contributed by atoms with Crippen molar-refractivity contribution in [3.05, 3.63) is 47.0 Å². The monoisotopic (exact) mass is 343 g/mol. The van der Waals surface area contributed by atoms with Crippen molar-refractivity contribution in [1.82, 2.24) is 5.32 Å². The number of carbonyl (C=O) groups is 1. The highest BCUT2D eigenvalue weighted by Gasteiger charge is 2.18. The van der Waals surface area contributed by atoms with Gasteiger partial charge in [-0.05, 0) is 42.3 Å². The Morgan fingerprint density at radius 2 is 1.72 bits per heavy atom. The number of benzene rings is 2. The molecule has 0 unspecified atom stereocenters. The van der Waals surface area contributed by atoms with Crippen molar-refractivity contribution in [3.63, 3.8) is 0 Å². The van der Waals surface area contributed by atoms with Crippen molar-refractivity contribution >= 4 is 5.91 Å². The van der Waals surface area contributed by atoms with Crippen LogP contribution in [0, 0.1) is 6.92 Å². The lowest BCUT2D eigenvalue weighted by Gasteiger charge is -2.20. The van der Waals surface area contributed by atoms with Gasteiger partial charge in [0.05, 0.1) is 14.2 Å². The molecule has 1 heterocycles. The van der Waals surface area contributed by atoms with Crippen LogP contribution in [0.2, 0.25) is 0 Å². The van der Waals surface area contributed by atoms with E-state index >= 15 is 0 Å². The van der Waals surface area contributed by atoms with Gasteiger partial charge in [-0.25, -0.2) is 0 Å². The third-order valence-corrected chi connectivity index (χ3v) is 4.03. The van der Waals surface area contributed by atoms with Crippen molar-refractivity contribution in [2.45, 2.75) is 13.5 Å². The van der Waals surface area contributed by atoms with E-state index in [1.165, 1.54) is 0 Å². The number of fused-ring (bicyclic) bond motifs is 1. The van der Waals surface area contributed by atoms with Crippen LogP contribution in [0.5, 0.6) is 23.0 Å². The van der Waals surface area contributed by atoms with E-state index in [0.29, 0.717) is 48.3 Å². The van der Waals surface area contributed by atoms with Gasteiger partial charge in [0.1, 0.15) is 13.2 Å². The minimum atomic E-state index is -0.163. The molecular weight excluding hydrogens is 322 g/mol. The molecule has 2 aromatic rings. The van der Waals surface area contributed by atoms with Crippen LogP contribution < -0.4 is 24.3 Å². The zero-order chi connectivity index (χ0) is 17.8. The number of carbonyl (C=O) groups excluding carboxylic acids is 1. The second-order valence-corrected chi connectivity index (χ2v) is 5.68. The molecule has 0 aliphatic carbocycles. The molecule has 0 aromatic heterocycles. The largest absolute Gasteiger partial charge is 0.493 e. The molecule has 0 spiro atoms. The number of hydrogen-bond acceptors (Lipinski definition) is 5. The minimum absolute atomic E-state index is 0.163. The van der Waals surface area contributed by atoms with Gasteiger partial charge in [0, 0.05) is 12.1 Å². The Labute approximate surface area is 146 Å². The van der Waals surface area contributed by atoms with E-state index in [-0.39, 0.29) is 5.91 Å². The molecule has 0 bridgehead atoms. The van der Waals surface area contributed by atoms with Gasteiger partial charge >= 0.3 is 0 Å². The fraction of sp³-hybridized carbons (Fsp3) is 0.316. The Morgan fingerprint density at radius 3 is 2.40 bits per heavy atom. The second kappa shape index (κ2) is 7.34. The maximum absolute atomic E-state index is 12.5. The fourth-order valence-corrected chi connectivity index (χ4v) is 2.70. The molecule has 1 aliphatic rings. The van der Waals surface area contributed by atoms with Crippen LogP contribution in [0.15, 0.2) is 30.3 Å². The molecule has 0 saturated carbocycles. The average molecular weight is 343 g/mol. The van der Waals surface area contributed by atoms with Crippen molar-refractivity contribution in [2.24, 2.45) is 0 Å². The maximum Gasteiger partial charge on any atom is 0.251 e. The van der Waals surface area contributed by atoms with Gasteiger partial charge in [0.15, 0.2) is 23.0 Å². The fourth-order valence-electron chi connectivity index (χ4n) is 2.70. The molecule has 6 nitrogen and oxygen atoms in total. The van der Waals surface area contributed by atoms with Crippen molar-refractivity contribution < 1.29 is 23.7 Å². The molecule has 1 amide bonds. The molecular formula is C19H21NO5. The Hall–Kier alpha value is -2.89. The highest BCUT2D eigenvalue weighted by atomic mass is 16.6. The lowest BCUT2D eigenvalue weighted by molar-refractivity contribution is 0.0949. The number of hydrogen-bond donors (Lipinski definition) is 1. The third kappa shape index (κ3) is 3.63. The van der Waals surface area contributed by atoms with E-state index in [4.69, 9.17) is 18.9 Å². The Kier molecular flexibility index (Phi) is 4.97. The first-order valence-corrected chi connectivity index (χ1v) is 8.01. The maximum atomic E-state index is 12.5. The minimum Gasteiger partial charge on any atom is -0.493 e. The van der Waals surface area contributed by atoms with Crippen molar-refractivity contribution in [1.29, 1.82) is 0 Å². The third-order valence-electron chi connectivity index (χ3n) is 4.03. The zero-order valence-corrected chi connectivity index (χ0v) is 14.5. The van der Waals surface area contributed by atoms with Crippen LogP contribution in [0.3, 0.4) is 0 Å². The molecule has 0 atom stereocenters. The summed E-state index contributed by atoms with van der Waals surface area (Å²) >= 11 is 0.